The quantitative estimate of drug-likeness (QED) is 0.695. The highest BCUT2D eigenvalue weighted by molar-refractivity contribution is 5.87. The maximum absolute atomic E-state index is 13.2. The number of ether oxygens (including phenoxy) is 1. The summed E-state index contributed by atoms with van der Waals surface area (Å²) in [6.45, 7) is 3.38. The lowest BCUT2D eigenvalue weighted by Gasteiger charge is -2.51. The highest BCUT2D eigenvalue weighted by Crippen LogP contribution is 3.02. The van der Waals surface area contributed by atoms with E-state index in [0.717, 1.165) is 24.3 Å². The van der Waals surface area contributed by atoms with Crippen molar-refractivity contribution in [2.24, 2.45) is 34.0 Å². The van der Waals surface area contributed by atoms with Gasteiger partial charge in [-0.15, -0.1) is 0 Å². The molecule has 5 heteroatoms. The number of aliphatic hydroxyl groups is 1. The molecule has 0 saturated heterocycles. The number of quaternary nitrogens is 1. The van der Waals surface area contributed by atoms with E-state index in [1.807, 2.05) is 0 Å². The molecule has 0 amide bonds. The maximum atomic E-state index is 13.2. The Balaban J connectivity index is 1.35. The van der Waals surface area contributed by atoms with Crippen molar-refractivity contribution in [2.45, 2.75) is 63.2 Å². The number of rotatable bonds is 3. The van der Waals surface area contributed by atoms with Gasteiger partial charge in [-0.05, 0) is 49.7 Å². The van der Waals surface area contributed by atoms with Crippen LogP contribution in [0.5, 0.6) is 11.5 Å². The van der Waals surface area contributed by atoms with Crippen LogP contribution in [0, 0.1) is 34.0 Å². The molecule has 0 aromatic heterocycles. The number of carbonyl (C=O) groups excluding carboxylic acids is 1. The van der Waals surface area contributed by atoms with Crippen LogP contribution in [0.2, 0.25) is 0 Å². The molecule has 8 rings (SSSR count). The van der Waals surface area contributed by atoms with E-state index in [-0.39, 0.29) is 28.3 Å². The standard InChI is InChI=1S/C25H29NO4/c1-22-17-9-14-13-5-6-15(27)18(14)30-21(22)16(28)7-8-24(22,29)25-19(23(17,25)10-13)20(25)26(2)11-12-3-4-12/h5-6,12,17,19-21,27,29H,3-4,7-11H2,1-2H3/p+1. The molecular weight excluding hydrogens is 378 g/mol. The minimum Gasteiger partial charge on any atom is -0.504 e. The highest BCUT2D eigenvalue weighted by Gasteiger charge is 3.11. The summed E-state index contributed by atoms with van der Waals surface area (Å²) in [7, 11) is 2.34. The number of Topliss-reactive ketones (excluding diaryl/α,β-unsaturated/α-hetero) is 1. The number of carbonyl (C=O) groups is 1. The molecule has 158 valence electrons. The molecule has 7 aliphatic rings. The zero-order chi connectivity index (χ0) is 20.4. The number of phenols is 1. The van der Waals surface area contributed by atoms with Crippen molar-refractivity contribution in [3.8, 4) is 11.5 Å². The van der Waals surface area contributed by atoms with E-state index in [1.165, 1.54) is 24.9 Å². The van der Waals surface area contributed by atoms with Crippen molar-refractivity contribution in [2.75, 3.05) is 13.6 Å². The van der Waals surface area contributed by atoms with Crippen LogP contribution >= 0.6 is 0 Å². The topological polar surface area (TPSA) is 71.2 Å². The Bertz CT molecular complexity index is 1070. The minimum absolute atomic E-state index is 0.0478. The van der Waals surface area contributed by atoms with Crippen LogP contribution in [0.25, 0.3) is 0 Å². The van der Waals surface area contributed by atoms with E-state index < -0.39 is 17.1 Å². The zero-order valence-corrected chi connectivity index (χ0v) is 17.7. The normalized spacial score (nSPS) is 53.9. The molecule has 3 N–H and O–H groups in total. The average molecular weight is 409 g/mol. The van der Waals surface area contributed by atoms with Crippen LogP contribution < -0.4 is 9.64 Å². The first-order chi connectivity index (χ1) is 14.3. The molecule has 6 aliphatic carbocycles. The predicted octanol–water partition coefficient (Wildman–Crippen LogP) is 0.891. The fourth-order valence-corrected chi connectivity index (χ4v) is 10.2. The van der Waals surface area contributed by atoms with Gasteiger partial charge in [0.15, 0.2) is 23.4 Å². The molecule has 1 heterocycles. The van der Waals surface area contributed by atoms with Gasteiger partial charge in [-0.2, -0.15) is 0 Å². The van der Waals surface area contributed by atoms with Gasteiger partial charge in [0.1, 0.15) is 6.04 Å². The second kappa shape index (κ2) is 4.47. The third-order valence-electron chi connectivity index (χ3n) is 11.2. The van der Waals surface area contributed by atoms with E-state index >= 15 is 0 Å². The summed E-state index contributed by atoms with van der Waals surface area (Å²) in [5.41, 5.74) is 1.01. The minimum atomic E-state index is -0.849. The Morgan fingerprint density at radius 2 is 2.10 bits per heavy atom. The lowest BCUT2D eigenvalue weighted by atomic mass is 9.55. The summed E-state index contributed by atoms with van der Waals surface area (Å²) in [5, 5.41) is 23.1. The Kier molecular flexibility index (Phi) is 2.54. The third kappa shape index (κ3) is 1.35. The van der Waals surface area contributed by atoms with Crippen molar-refractivity contribution in [1.82, 2.24) is 0 Å². The first-order valence-electron chi connectivity index (χ1n) is 11.9. The van der Waals surface area contributed by atoms with E-state index in [1.54, 1.807) is 11.0 Å². The number of hydrogen-bond acceptors (Lipinski definition) is 4. The van der Waals surface area contributed by atoms with Crippen molar-refractivity contribution in [3.63, 3.8) is 0 Å². The molecule has 2 bridgehead atoms. The predicted molar refractivity (Wildman–Crippen MR) is 107 cm³/mol. The molecule has 1 aromatic rings. The van der Waals surface area contributed by atoms with Crippen molar-refractivity contribution < 1.29 is 24.6 Å². The number of phenolic OH excluding ortho intramolecular Hbond substituents is 1. The molecule has 30 heavy (non-hydrogen) atoms. The Hall–Kier alpha value is -1.59. The van der Waals surface area contributed by atoms with Gasteiger partial charge in [0.2, 0.25) is 0 Å². The van der Waals surface area contributed by atoms with Crippen LogP contribution in [0.3, 0.4) is 0 Å². The molecule has 9 atom stereocenters. The molecule has 5 nitrogen and oxygen atoms in total. The number of hydrogen-bond donors (Lipinski definition) is 3. The first kappa shape index (κ1) is 17.0. The van der Waals surface area contributed by atoms with Crippen LogP contribution in [0.1, 0.15) is 43.7 Å². The van der Waals surface area contributed by atoms with Crippen LogP contribution in [-0.4, -0.2) is 47.3 Å². The average Bonchev–Trinajstić information content (AvgIpc) is 3.60. The Morgan fingerprint density at radius 1 is 1.30 bits per heavy atom. The van der Waals surface area contributed by atoms with Gasteiger partial charge >= 0.3 is 0 Å². The van der Waals surface area contributed by atoms with Crippen molar-refractivity contribution in [3.05, 3.63) is 23.3 Å². The second-order valence-electron chi connectivity index (χ2n) is 12.0. The third-order valence-corrected chi connectivity index (χ3v) is 11.2. The SMILES string of the molecule is C[NH+](CC1CC1)C1C2C34Cc5ccc(O)c6c5CC3C3(C)C(O6)C(=O)CCC3(O)C124. The molecule has 1 aromatic carbocycles. The molecule has 5 saturated carbocycles. The Morgan fingerprint density at radius 3 is 2.87 bits per heavy atom. The summed E-state index contributed by atoms with van der Waals surface area (Å²) >= 11 is 0. The highest BCUT2D eigenvalue weighted by atomic mass is 16.5. The summed E-state index contributed by atoms with van der Waals surface area (Å²) in [6, 6.07) is 4.33. The van der Waals surface area contributed by atoms with Crippen LogP contribution in [0.4, 0.5) is 0 Å². The second-order valence-corrected chi connectivity index (χ2v) is 12.0. The molecule has 0 radical (unpaired) electrons. The lowest BCUT2D eigenvalue weighted by Crippen LogP contribution is -3.13. The van der Waals surface area contributed by atoms with Gasteiger partial charge in [-0.1, -0.05) is 13.0 Å². The first-order valence-corrected chi connectivity index (χ1v) is 11.9. The summed E-state index contributed by atoms with van der Waals surface area (Å²) in [4.78, 5) is 14.8. The van der Waals surface area contributed by atoms with Crippen molar-refractivity contribution in [1.29, 1.82) is 0 Å². The number of ketones is 1. The molecule has 9 unspecified atom stereocenters. The molecule has 5 fully saturated rings. The van der Waals surface area contributed by atoms with Gasteiger partial charge in [0.25, 0.3) is 0 Å². The smallest absolute Gasteiger partial charge is 0.174 e. The number of aromatic hydroxyl groups is 1. The fourth-order valence-electron chi connectivity index (χ4n) is 10.2. The van der Waals surface area contributed by atoms with Crippen LogP contribution in [0.15, 0.2) is 12.1 Å². The number of benzene rings is 1. The molecule has 1 aliphatic heterocycles. The monoisotopic (exact) mass is 408 g/mol. The fraction of sp³-hybridized carbons (Fsp3) is 0.720. The van der Waals surface area contributed by atoms with E-state index in [9.17, 15) is 15.0 Å². The lowest BCUT2D eigenvalue weighted by molar-refractivity contribution is -0.903. The van der Waals surface area contributed by atoms with Gasteiger partial charge in [-0.25, -0.2) is 0 Å². The van der Waals surface area contributed by atoms with E-state index in [0.29, 0.717) is 30.6 Å². The summed E-state index contributed by atoms with van der Waals surface area (Å²) < 4.78 is 6.39. The molecule has 2 spiro atoms. The van der Waals surface area contributed by atoms with E-state index in [4.69, 9.17) is 4.74 Å². The van der Waals surface area contributed by atoms with Gasteiger partial charge in [0, 0.05) is 34.7 Å². The summed E-state index contributed by atoms with van der Waals surface area (Å²) in [5.74, 6) is 2.45. The zero-order valence-electron chi connectivity index (χ0n) is 17.7. The van der Waals surface area contributed by atoms with Crippen LogP contribution in [-0.2, 0) is 17.6 Å². The Labute approximate surface area is 176 Å². The van der Waals surface area contributed by atoms with E-state index in [2.05, 4.69) is 20.0 Å². The van der Waals surface area contributed by atoms with Crippen molar-refractivity contribution >= 4 is 5.78 Å². The largest absolute Gasteiger partial charge is 0.504 e. The maximum Gasteiger partial charge on any atom is 0.174 e. The van der Waals surface area contributed by atoms with Gasteiger partial charge in [-0.3, -0.25) is 4.79 Å². The number of nitrogens with one attached hydrogen (secondary N) is 1. The molecular formula is C25H30NO4+. The van der Waals surface area contributed by atoms with Gasteiger partial charge in [0.05, 0.1) is 24.6 Å². The van der Waals surface area contributed by atoms with Gasteiger partial charge < -0.3 is 19.8 Å². The summed E-state index contributed by atoms with van der Waals surface area (Å²) in [6.07, 6.45) is 4.84.